The van der Waals surface area contributed by atoms with Crippen molar-refractivity contribution in [1.82, 2.24) is 10.6 Å². The first-order valence-electron chi connectivity index (χ1n) is 6.12. The van der Waals surface area contributed by atoms with Crippen molar-refractivity contribution >= 4 is 47.6 Å². The van der Waals surface area contributed by atoms with Crippen LogP contribution in [-0.4, -0.2) is 23.4 Å². The molecule has 9 heteroatoms. The van der Waals surface area contributed by atoms with Gasteiger partial charge in [-0.05, 0) is 39.0 Å². The van der Waals surface area contributed by atoms with Gasteiger partial charge < -0.3 is 16.4 Å². The van der Waals surface area contributed by atoms with Crippen LogP contribution in [0.15, 0.2) is 18.2 Å². The molecular formula is C13H19Cl2N5O2. The Morgan fingerprint density at radius 2 is 1.86 bits per heavy atom. The lowest BCUT2D eigenvalue weighted by atomic mass is 10.1. The van der Waals surface area contributed by atoms with Crippen LogP contribution in [0.5, 0.6) is 0 Å². The first-order chi connectivity index (χ1) is 9.58. The number of benzene rings is 1. The number of nitrogens with two attached hydrogens (primary N) is 1. The summed E-state index contributed by atoms with van der Waals surface area (Å²) >= 11 is 5.85. The van der Waals surface area contributed by atoms with E-state index in [1.807, 2.05) is 20.8 Å². The number of guanidine groups is 1. The number of nitrogens with one attached hydrogen (secondary N) is 4. The van der Waals surface area contributed by atoms with Gasteiger partial charge in [-0.3, -0.25) is 15.5 Å². The van der Waals surface area contributed by atoms with Gasteiger partial charge in [-0.15, -0.1) is 12.4 Å². The van der Waals surface area contributed by atoms with Crippen molar-refractivity contribution in [2.24, 2.45) is 5.73 Å². The van der Waals surface area contributed by atoms with E-state index in [0.717, 1.165) is 0 Å². The zero-order valence-corrected chi connectivity index (χ0v) is 14.0. The van der Waals surface area contributed by atoms with Crippen LogP contribution in [0.3, 0.4) is 0 Å². The molecule has 0 saturated heterocycles. The molecule has 1 aromatic rings. The molecular weight excluding hydrogens is 329 g/mol. The van der Waals surface area contributed by atoms with Crippen LogP contribution in [0.2, 0.25) is 5.02 Å². The smallest absolute Gasteiger partial charge is 0.319 e. The van der Waals surface area contributed by atoms with E-state index in [1.54, 1.807) is 6.07 Å². The van der Waals surface area contributed by atoms with Crippen molar-refractivity contribution in [3.05, 3.63) is 28.8 Å². The normalized spacial score (nSPS) is 10.2. The van der Waals surface area contributed by atoms with Crippen LogP contribution in [0.4, 0.5) is 10.5 Å². The van der Waals surface area contributed by atoms with Gasteiger partial charge in [0.05, 0.1) is 11.3 Å². The van der Waals surface area contributed by atoms with E-state index in [0.29, 0.717) is 5.02 Å². The molecule has 3 amide bonds. The quantitative estimate of drug-likeness (QED) is 0.417. The molecule has 0 aliphatic carbocycles. The average molecular weight is 348 g/mol. The Morgan fingerprint density at radius 3 is 2.36 bits per heavy atom. The summed E-state index contributed by atoms with van der Waals surface area (Å²) in [6.45, 7) is 5.49. The summed E-state index contributed by atoms with van der Waals surface area (Å²) in [6.07, 6.45) is 0. The van der Waals surface area contributed by atoms with Crippen LogP contribution < -0.4 is 21.7 Å². The Kier molecular flexibility index (Phi) is 7.15. The van der Waals surface area contributed by atoms with E-state index >= 15 is 0 Å². The molecule has 0 aliphatic heterocycles. The Balaban J connectivity index is 0.00000441. The van der Waals surface area contributed by atoms with E-state index in [9.17, 15) is 9.59 Å². The second-order valence-corrected chi connectivity index (χ2v) is 5.82. The predicted octanol–water partition coefficient (Wildman–Crippen LogP) is 2.31. The minimum atomic E-state index is -0.629. The Morgan fingerprint density at radius 1 is 1.27 bits per heavy atom. The first-order valence-corrected chi connectivity index (χ1v) is 6.50. The van der Waals surface area contributed by atoms with E-state index in [-0.39, 0.29) is 23.7 Å². The fraction of sp³-hybridized carbons (Fsp3) is 0.308. The van der Waals surface area contributed by atoms with Gasteiger partial charge in [0, 0.05) is 10.6 Å². The minimum absolute atomic E-state index is 0. The van der Waals surface area contributed by atoms with Crippen LogP contribution in [-0.2, 0) is 0 Å². The van der Waals surface area contributed by atoms with E-state index in [1.165, 1.54) is 12.1 Å². The molecule has 0 aromatic heterocycles. The monoisotopic (exact) mass is 347 g/mol. The number of halogens is 2. The average Bonchev–Trinajstić information content (AvgIpc) is 2.27. The van der Waals surface area contributed by atoms with Crippen LogP contribution >= 0.6 is 24.0 Å². The van der Waals surface area contributed by atoms with Crippen molar-refractivity contribution in [3.8, 4) is 0 Å². The van der Waals surface area contributed by atoms with Gasteiger partial charge in [0.25, 0.3) is 5.91 Å². The standard InChI is InChI=1S/C13H18ClN5O2.ClH/c1-13(2,3)19-12(21)17-9-5-4-7(14)6-8(9)10(20)18-11(15)16;/h4-6H,1-3H3,(H2,17,19,21)(H4,15,16,18,20);1H. The number of anilines is 1. The predicted molar refractivity (Wildman–Crippen MR) is 90.0 cm³/mol. The second kappa shape index (κ2) is 7.86. The summed E-state index contributed by atoms with van der Waals surface area (Å²) in [5.41, 5.74) is 5.08. The Hall–Kier alpha value is -1.99. The Bertz CT molecular complexity index is 584. The zero-order chi connectivity index (χ0) is 16.2. The van der Waals surface area contributed by atoms with Gasteiger partial charge >= 0.3 is 6.03 Å². The molecule has 0 saturated carbocycles. The topological polar surface area (TPSA) is 120 Å². The number of urea groups is 1. The molecule has 1 aromatic carbocycles. The number of rotatable bonds is 2. The maximum absolute atomic E-state index is 11.9. The van der Waals surface area contributed by atoms with Gasteiger partial charge in [0.15, 0.2) is 5.96 Å². The molecule has 0 bridgehead atoms. The number of amides is 3. The molecule has 0 fully saturated rings. The van der Waals surface area contributed by atoms with Gasteiger partial charge in [-0.2, -0.15) is 0 Å². The molecule has 0 radical (unpaired) electrons. The number of hydrogen-bond donors (Lipinski definition) is 5. The third-order valence-corrected chi connectivity index (χ3v) is 2.45. The molecule has 0 unspecified atom stereocenters. The molecule has 0 aliphatic rings. The zero-order valence-electron chi connectivity index (χ0n) is 12.4. The van der Waals surface area contributed by atoms with E-state index in [2.05, 4.69) is 16.0 Å². The fourth-order valence-electron chi connectivity index (χ4n) is 1.50. The highest BCUT2D eigenvalue weighted by molar-refractivity contribution is 6.31. The van der Waals surface area contributed by atoms with Gasteiger partial charge in [-0.1, -0.05) is 11.6 Å². The van der Waals surface area contributed by atoms with E-state index < -0.39 is 23.4 Å². The maximum atomic E-state index is 11.9. The molecule has 0 heterocycles. The highest BCUT2D eigenvalue weighted by Gasteiger charge is 2.17. The molecule has 7 nitrogen and oxygen atoms in total. The summed E-state index contributed by atoms with van der Waals surface area (Å²) in [7, 11) is 0. The molecule has 22 heavy (non-hydrogen) atoms. The third kappa shape index (κ3) is 6.64. The molecule has 0 atom stereocenters. The maximum Gasteiger partial charge on any atom is 0.319 e. The second-order valence-electron chi connectivity index (χ2n) is 5.39. The largest absolute Gasteiger partial charge is 0.370 e. The van der Waals surface area contributed by atoms with Crippen molar-refractivity contribution in [3.63, 3.8) is 0 Å². The highest BCUT2D eigenvalue weighted by atomic mass is 35.5. The van der Waals surface area contributed by atoms with Crippen molar-refractivity contribution in [1.29, 1.82) is 5.41 Å². The summed E-state index contributed by atoms with van der Waals surface area (Å²) in [5, 5.41) is 14.8. The van der Waals surface area contributed by atoms with Crippen molar-refractivity contribution < 1.29 is 9.59 Å². The lowest BCUT2D eigenvalue weighted by Gasteiger charge is -2.21. The fourth-order valence-corrected chi connectivity index (χ4v) is 1.67. The lowest BCUT2D eigenvalue weighted by molar-refractivity contribution is 0.0977. The minimum Gasteiger partial charge on any atom is -0.370 e. The van der Waals surface area contributed by atoms with Crippen molar-refractivity contribution in [2.45, 2.75) is 26.3 Å². The molecule has 1 rings (SSSR count). The number of carbonyl (C=O) groups is 2. The third-order valence-electron chi connectivity index (χ3n) is 2.21. The SMILES string of the molecule is CC(C)(C)NC(=O)Nc1ccc(Cl)cc1C(=O)NC(=N)N.Cl. The lowest BCUT2D eigenvalue weighted by Crippen LogP contribution is -2.43. The Labute approximate surface area is 139 Å². The van der Waals surface area contributed by atoms with Gasteiger partial charge in [0.2, 0.25) is 0 Å². The first kappa shape index (κ1) is 20.0. The van der Waals surface area contributed by atoms with Crippen LogP contribution in [0, 0.1) is 5.41 Å². The van der Waals surface area contributed by atoms with Crippen LogP contribution in [0.1, 0.15) is 31.1 Å². The highest BCUT2D eigenvalue weighted by Crippen LogP contribution is 2.21. The number of hydrogen-bond acceptors (Lipinski definition) is 3. The molecule has 122 valence electrons. The summed E-state index contributed by atoms with van der Waals surface area (Å²) < 4.78 is 0. The molecule has 6 N–H and O–H groups in total. The van der Waals surface area contributed by atoms with Gasteiger partial charge in [-0.25, -0.2) is 4.79 Å². The molecule has 0 spiro atoms. The summed E-state index contributed by atoms with van der Waals surface area (Å²) in [5.74, 6) is -1.12. The van der Waals surface area contributed by atoms with Crippen LogP contribution in [0.25, 0.3) is 0 Å². The van der Waals surface area contributed by atoms with Gasteiger partial charge in [0.1, 0.15) is 0 Å². The summed E-state index contributed by atoms with van der Waals surface area (Å²) in [4.78, 5) is 23.8. The van der Waals surface area contributed by atoms with E-state index in [4.69, 9.17) is 22.7 Å². The number of carbonyl (C=O) groups excluding carboxylic acids is 2. The van der Waals surface area contributed by atoms with Crippen molar-refractivity contribution in [2.75, 3.05) is 5.32 Å². The summed E-state index contributed by atoms with van der Waals surface area (Å²) in [6, 6.07) is 3.96.